The van der Waals surface area contributed by atoms with Crippen molar-refractivity contribution in [2.45, 2.75) is 0 Å². The third-order valence-electron chi connectivity index (χ3n) is 5.00. The molecule has 0 radical (unpaired) electrons. The van der Waals surface area contributed by atoms with Crippen LogP contribution in [0.15, 0.2) is 79.0 Å². The number of carboxylic acid groups (broad SMARTS) is 1. The highest BCUT2D eigenvalue weighted by Gasteiger charge is 2.17. The van der Waals surface area contributed by atoms with Crippen LogP contribution in [0.2, 0.25) is 0 Å². The van der Waals surface area contributed by atoms with Gasteiger partial charge in [-0.05, 0) is 54.6 Å². The van der Waals surface area contributed by atoms with E-state index in [4.69, 9.17) is 4.74 Å². The minimum absolute atomic E-state index is 0.133. The number of nitrogens with zero attached hydrogens (tertiary/aromatic N) is 3. The highest BCUT2D eigenvalue weighted by Crippen LogP contribution is 2.31. The number of aromatic amines is 1. The zero-order valence-corrected chi connectivity index (χ0v) is 16.9. The summed E-state index contributed by atoms with van der Waals surface area (Å²) >= 11 is 0. The molecule has 5 rings (SSSR count). The van der Waals surface area contributed by atoms with E-state index in [1.165, 1.54) is 28.9 Å². The molecule has 3 aromatic carbocycles. The van der Waals surface area contributed by atoms with Gasteiger partial charge in [0.2, 0.25) is 0 Å². The van der Waals surface area contributed by atoms with Crippen molar-refractivity contribution < 1.29 is 28.8 Å². The lowest BCUT2D eigenvalue weighted by Gasteiger charge is -2.09. The summed E-state index contributed by atoms with van der Waals surface area (Å²) in [4.78, 5) is 15.9. The second kappa shape index (κ2) is 8.04. The molecule has 33 heavy (non-hydrogen) atoms. The molecule has 0 bridgehead atoms. The highest BCUT2D eigenvalue weighted by atomic mass is 19.1. The van der Waals surface area contributed by atoms with Crippen molar-refractivity contribution in [3.05, 3.63) is 90.4 Å². The summed E-state index contributed by atoms with van der Waals surface area (Å²) in [5.74, 6) is -1.26. The van der Waals surface area contributed by atoms with E-state index in [2.05, 4.69) is 15.3 Å². The Kier molecular flexibility index (Phi) is 4.91. The fourth-order valence-electron chi connectivity index (χ4n) is 3.37. The van der Waals surface area contributed by atoms with E-state index in [1.807, 2.05) is 12.1 Å². The Bertz CT molecular complexity index is 1520. The van der Waals surface area contributed by atoms with E-state index in [1.54, 1.807) is 42.6 Å². The number of nitrogens with one attached hydrogen (secondary N) is 1. The number of hydrogen-bond acceptors (Lipinski definition) is 5. The van der Waals surface area contributed by atoms with E-state index in [9.17, 15) is 19.4 Å². The quantitative estimate of drug-likeness (QED) is 0.351. The largest absolute Gasteiger partial charge is 0.505 e. The molecule has 0 aliphatic heterocycles. The van der Waals surface area contributed by atoms with Gasteiger partial charge in [-0.25, -0.2) is 14.2 Å². The summed E-state index contributed by atoms with van der Waals surface area (Å²) in [7, 11) is 0. The summed E-state index contributed by atoms with van der Waals surface area (Å²) in [5.41, 5.74) is 2.37. The number of fused-ring (bicyclic) bond motifs is 1. The summed E-state index contributed by atoms with van der Waals surface area (Å²) < 4.78 is 21.1. The summed E-state index contributed by atoms with van der Waals surface area (Å²) in [6.45, 7) is 0. The predicted molar refractivity (Wildman–Crippen MR) is 116 cm³/mol. The third kappa shape index (κ3) is 3.94. The van der Waals surface area contributed by atoms with Crippen LogP contribution in [0.25, 0.3) is 28.0 Å². The average Bonchev–Trinajstić information content (AvgIpc) is 3.31. The molecule has 0 atom stereocenters. The summed E-state index contributed by atoms with van der Waals surface area (Å²) in [6, 6.07) is 19.3. The van der Waals surface area contributed by atoms with Gasteiger partial charge in [0.1, 0.15) is 17.2 Å². The number of halogens is 1. The fraction of sp³-hybridized carbons (Fsp3) is 0. The van der Waals surface area contributed by atoms with Crippen molar-refractivity contribution in [2.24, 2.45) is 0 Å². The number of aromatic hydroxyl groups is 1. The predicted octanol–water partition coefficient (Wildman–Crippen LogP) is 4.24. The number of carbonyl (C=O) groups is 1. The van der Waals surface area contributed by atoms with Gasteiger partial charge in [0.15, 0.2) is 23.5 Å². The molecule has 9 heteroatoms. The van der Waals surface area contributed by atoms with Crippen molar-refractivity contribution in [1.29, 1.82) is 0 Å². The molecule has 2 heterocycles. The summed E-state index contributed by atoms with van der Waals surface area (Å²) in [5, 5.41) is 26.3. The number of phenolic OH excluding ortho intramolecular Hbond substituents is 1. The van der Waals surface area contributed by atoms with Gasteiger partial charge >= 0.3 is 5.97 Å². The van der Waals surface area contributed by atoms with Gasteiger partial charge in [-0.3, -0.25) is 0 Å². The number of carboxylic acids is 1. The van der Waals surface area contributed by atoms with Crippen molar-refractivity contribution in [2.75, 3.05) is 0 Å². The maximum absolute atomic E-state index is 13.7. The zero-order chi connectivity index (χ0) is 22.9. The second-order valence-corrected chi connectivity index (χ2v) is 7.19. The van der Waals surface area contributed by atoms with Gasteiger partial charge in [-0.2, -0.15) is 0 Å². The van der Waals surface area contributed by atoms with Crippen molar-refractivity contribution in [3.63, 3.8) is 0 Å². The molecule has 2 aromatic heterocycles. The number of pyridine rings is 1. The monoisotopic (exact) mass is 443 g/mol. The van der Waals surface area contributed by atoms with Crippen LogP contribution in [-0.2, 0) is 0 Å². The number of phenols is 1. The zero-order valence-electron chi connectivity index (χ0n) is 16.9. The normalized spacial score (nSPS) is 10.9. The molecule has 0 amide bonds. The smallest absolute Gasteiger partial charge is 0.335 e. The molecule has 0 saturated carbocycles. The van der Waals surface area contributed by atoms with E-state index in [-0.39, 0.29) is 5.56 Å². The number of H-pyrrole nitrogens is 1. The van der Waals surface area contributed by atoms with E-state index >= 15 is 0 Å². The number of aromatic nitrogens is 4. The van der Waals surface area contributed by atoms with Crippen LogP contribution in [0.1, 0.15) is 10.4 Å². The van der Waals surface area contributed by atoms with Crippen LogP contribution in [-0.4, -0.2) is 31.5 Å². The minimum atomic E-state index is -1.03. The SMILES string of the molecule is O=C(O)c1cccc(Oc2cccc3nc(-c4c[n+](-c5ccc(O)c(F)c5)[nH]n4)ccc23)c1. The molecule has 0 unspecified atom stereocenters. The Morgan fingerprint density at radius 1 is 1.00 bits per heavy atom. The molecule has 8 nitrogen and oxygen atoms in total. The van der Waals surface area contributed by atoms with Crippen molar-refractivity contribution in [3.8, 4) is 34.3 Å². The number of rotatable bonds is 5. The van der Waals surface area contributed by atoms with Crippen LogP contribution in [0.5, 0.6) is 17.2 Å². The van der Waals surface area contributed by atoms with Crippen LogP contribution in [0.4, 0.5) is 4.39 Å². The van der Waals surface area contributed by atoms with Crippen molar-refractivity contribution >= 4 is 16.9 Å². The fourth-order valence-corrected chi connectivity index (χ4v) is 3.37. The number of benzene rings is 3. The van der Waals surface area contributed by atoms with Crippen LogP contribution >= 0.6 is 0 Å². The Hall–Kier alpha value is -4.79. The summed E-state index contributed by atoms with van der Waals surface area (Å²) in [6.07, 6.45) is 1.66. The molecular weight excluding hydrogens is 427 g/mol. The van der Waals surface area contributed by atoms with Crippen molar-refractivity contribution in [1.82, 2.24) is 15.3 Å². The molecule has 0 fully saturated rings. The maximum atomic E-state index is 13.7. The number of ether oxygens (including phenoxy) is 1. The Morgan fingerprint density at radius 2 is 1.85 bits per heavy atom. The first-order valence-electron chi connectivity index (χ1n) is 9.85. The first-order chi connectivity index (χ1) is 16.0. The van der Waals surface area contributed by atoms with Crippen LogP contribution in [0, 0.1) is 5.82 Å². The minimum Gasteiger partial charge on any atom is -0.505 e. The van der Waals surface area contributed by atoms with Gasteiger partial charge in [-0.15, -0.1) is 4.68 Å². The van der Waals surface area contributed by atoms with Gasteiger partial charge < -0.3 is 14.9 Å². The maximum Gasteiger partial charge on any atom is 0.335 e. The molecule has 3 N–H and O–H groups in total. The van der Waals surface area contributed by atoms with E-state index < -0.39 is 17.5 Å². The van der Waals surface area contributed by atoms with E-state index in [0.717, 1.165) is 5.39 Å². The Balaban J connectivity index is 1.46. The standard InChI is InChI=1S/C24H15FN4O4/c25-18-12-15(7-10-22(18)30)29-13-21(27-28-29)20-9-8-17-19(26-20)5-2-6-23(17)33-16-4-1-3-14(11-16)24(31)32/h1-13H,(H2,30,31,32)/p+1. The van der Waals surface area contributed by atoms with Crippen LogP contribution < -0.4 is 9.42 Å². The first kappa shape index (κ1) is 20.1. The number of hydrogen-bond donors (Lipinski definition) is 3. The van der Waals surface area contributed by atoms with Gasteiger partial charge in [-0.1, -0.05) is 17.3 Å². The molecule has 5 aromatic rings. The molecule has 0 aliphatic rings. The Morgan fingerprint density at radius 3 is 2.67 bits per heavy atom. The van der Waals surface area contributed by atoms with Gasteiger partial charge in [0.05, 0.1) is 11.1 Å². The number of aromatic carboxylic acids is 1. The van der Waals surface area contributed by atoms with Crippen LogP contribution in [0.3, 0.4) is 0 Å². The Labute approximate surface area is 186 Å². The topological polar surface area (TPSA) is 112 Å². The van der Waals surface area contributed by atoms with Gasteiger partial charge in [0, 0.05) is 16.6 Å². The van der Waals surface area contributed by atoms with Gasteiger partial charge in [0.25, 0.3) is 5.69 Å². The lowest BCUT2D eigenvalue weighted by molar-refractivity contribution is -0.659. The highest BCUT2D eigenvalue weighted by molar-refractivity contribution is 5.89. The third-order valence-corrected chi connectivity index (χ3v) is 5.00. The molecule has 0 aliphatic carbocycles. The lowest BCUT2D eigenvalue weighted by atomic mass is 10.1. The molecule has 162 valence electrons. The lowest BCUT2D eigenvalue weighted by Crippen LogP contribution is -2.31. The second-order valence-electron chi connectivity index (χ2n) is 7.19. The van der Waals surface area contributed by atoms with E-state index in [0.29, 0.717) is 34.1 Å². The molecule has 0 saturated heterocycles. The first-order valence-corrected chi connectivity index (χ1v) is 9.85. The molecular formula is C24H16FN4O4+. The average molecular weight is 443 g/mol. The molecule has 0 spiro atoms.